The van der Waals surface area contributed by atoms with E-state index in [1.165, 1.54) is 0 Å². The van der Waals surface area contributed by atoms with Gasteiger partial charge < -0.3 is 19.9 Å². The minimum atomic E-state index is -0.627. The summed E-state index contributed by atoms with van der Waals surface area (Å²) in [7, 11) is 0. The molecule has 1 aromatic heterocycles. The van der Waals surface area contributed by atoms with Gasteiger partial charge >= 0.3 is 0 Å². The summed E-state index contributed by atoms with van der Waals surface area (Å²) < 4.78 is 5.89. The molecule has 3 amide bonds. The highest BCUT2D eigenvalue weighted by Gasteiger charge is 2.39. The molecule has 2 aliphatic heterocycles. The fraction of sp³-hybridized carbons (Fsp3) is 0.185. The number of rotatable bonds is 6. The number of fused-ring (bicyclic) bond motifs is 2. The lowest BCUT2D eigenvalue weighted by Crippen LogP contribution is -2.52. The second-order valence-corrected chi connectivity index (χ2v) is 9.45. The van der Waals surface area contributed by atoms with Crippen LogP contribution >= 0.6 is 11.6 Å². The van der Waals surface area contributed by atoms with Crippen molar-refractivity contribution < 1.29 is 19.1 Å². The van der Waals surface area contributed by atoms with E-state index < -0.39 is 11.9 Å². The second kappa shape index (κ2) is 9.25. The van der Waals surface area contributed by atoms with Crippen LogP contribution in [0, 0.1) is 0 Å². The Balaban J connectivity index is 1.15. The molecule has 0 radical (unpaired) electrons. The van der Waals surface area contributed by atoms with Gasteiger partial charge in [0.25, 0.3) is 5.91 Å². The van der Waals surface area contributed by atoms with Crippen molar-refractivity contribution in [2.45, 2.75) is 32.0 Å². The number of ether oxygens (including phenoxy) is 1. The molecule has 1 atom stereocenters. The zero-order valence-electron chi connectivity index (χ0n) is 19.6. The van der Waals surface area contributed by atoms with Gasteiger partial charge in [-0.05, 0) is 41.8 Å². The van der Waals surface area contributed by atoms with E-state index in [0.717, 1.165) is 16.6 Å². The lowest BCUT2D eigenvalue weighted by atomic mass is 10.0. The molecule has 0 saturated carbocycles. The summed E-state index contributed by atoms with van der Waals surface area (Å²) in [5.74, 6) is 0.871. The zero-order chi connectivity index (χ0) is 25.5. The number of nitrogens with one attached hydrogen (secondary N) is 3. The van der Waals surface area contributed by atoms with E-state index >= 15 is 0 Å². The predicted molar refractivity (Wildman–Crippen MR) is 137 cm³/mol. The van der Waals surface area contributed by atoms with Crippen LogP contribution in [-0.4, -0.2) is 38.6 Å². The molecular weight excluding hydrogens is 494 g/mol. The highest BCUT2D eigenvalue weighted by atomic mass is 35.5. The number of para-hydroxylation sites is 1. The molecule has 6 rings (SSSR count). The number of carbonyl (C=O) groups excluding carboxylic acids is 3. The molecule has 10 heteroatoms. The number of hydrogen-bond acceptors (Lipinski definition) is 6. The highest BCUT2D eigenvalue weighted by Crippen LogP contribution is 2.33. The van der Waals surface area contributed by atoms with Gasteiger partial charge in [0.05, 0.1) is 16.1 Å². The normalized spacial score (nSPS) is 17.2. The quantitative estimate of drug-likeness (QED) is 0.328. The summed E-state index contributed by atoms with van der Waals surface area (Å²) in [6.45, 7) is 0.808. The number of aromatic nitrogens is 2. The van der Waals surface area contributed by atoms with E-state index in [0.29, 0.717) is 53.1 Å². The summed E-state index contributed by atoms with van der Waals surface area (Å²) in [5.41, 5.74) is 3.87. The van der Waals surface area contributed by atoms with Crippen LogP contribution in [0.5, 0.6) is 11.5 Å². The Kier molecular flexibility index (Phi) is 5.77. The molecule has 0 aliphatic carbocycles. The third-order valence-electron chi connectivity index (χ3n) is 6.55. The number of nitrogens with zero attached hydrogens (tertiary/aromatic N) is 2. The van der Waals surface area contributed by atoms with Crippen LogP contribution in [0.25, 0.3) is 11.0 Å². The number of benzene rings is 3. The number of imide groups is 1. The molecule has 1 fully saturated rings. The van der Waals surface area contributed by atoms with E-state index in [9.17, 15) is 14.4 Å². The van der Waals surface area contributed by atoms with Gasteiger partial charge in [0, 0.05) is 31.1 Å². The average molecular weight is 516 g/mol. The van der Waals surface area contributed by atoms with Crippen LogP contribution in [0.4, 0.5) is 5.95 Å². The van der Waals surface area contributed by atoms with Gasteiger partial charge in [-0.1, -0.05) is 41.9 Å². The fourth-order valence-electron chi connectivity index (χ4n) is 4.71. The molecule has 3 aromatic carbocycles. The van der Waals surface area contributed by atoms with Gasteiger partial charge in [0.2, 0.25) is 17.8 Å². The maximum atomic E-state index is 12.9. The zero-order valence-corrected chi connectivity index (χ0v) is 20.3. The number of amides is 3. The van der Waals surface area contributed by atoms with Crippen LogP contribution in [-0.2, 0) is 22.7 Å². The van der Waals surface area contributed by atoms with Crippen molar-refractivity contribution in [3.8, 4) is 11.5 Å². The van der Waals surface area contributed by atoms with Crippen molar-refractivity contribution in [2.24, 2.45) is 0 Å². The molecular formula is C27H22ClN5O4. The van der Waals surface area contributed by atoms with E-state index in [1.54, 1.807) is 23.1 Å². The summed E-state index contributed by atoms with van der Waals surface area (Å²) in [4.78, 5) is 46.0. The molecule has 1 saturated heterocycles. The van der Waals surface area contributed by atoms with Crippen molar-refractivity contribution >= 4 is 46.3 Å². The number of imidazole rings is 1. The summed E-state index contributed by atoms with van der Waals surface area (Å²) in [6.07, 6.45) is 0.571. The molecule has 37 heavy (non-hydrogen) atoms. The lowest BCUT2D eigenvalue weighted by molar-refractivity contribution is -0.136. The van der Waals surface area contributed by atoms with E-state index in [1.807, 2.05) is 42.5 Å². The number of H-pyrrole nitrogens is 1. The third kappa shape index (κ3) is 4.49. The average Bonchev–Trinajstić information content (AvgIpc) is 3.43. The smallest absolute Gasteiger partial charge is 0.255 e. The Morgan fingerprint density at radius 3 is 2.73 bits per heavy atom. The van der Waals surface area contributed by atoms with Gasteiger partial charge in [-0.2, -0.15) is 0 Å². The Morgan fingerprint density at radius 2 is 1.92 bits per heavy atom. The molecule has 4 aromatic rings. The molecule has 3 N–H and O–H groups in total. The standard InChI is InChI=1S/C27H22ClN5O4/c28-19-11-20-21(12-23(19)37-17-4-2-1-3-5-17)31-27(30-20)29-13-15-6-7-18-16(10-15)14-33(26(18)36)22-8-9-24(34)32-25(22)35/h1-7,10-12,22H,8-9,13-14H2,(H2,29,30,31)(H,32,34,35). The van der Waals surface area contributed by atoms with Crippen molar-refractivity contribution in [3.05, 3.63) is 82.4 Å². The first kappa shape index (κ1) is 23.1. The fourth-order valence-corrected chi connectivity index (χ4v) is 4.91. The molecule has 186 valence electrons. The maximum Gasteiger partial charge on any atom is 0.255 e. The Labute approximate surface area is 216 Å². The Bertz CT molecular complexity index is 1550. The van der Waals surface area contributed by atoms with Gasteiger partial charge in [-0.3, -0.25) is 19.7 Å². The molecule has 0 spiro atoms. The number of carbonyl (C=O) groups is 3. The SMILES string of the molecule is O=C1CCC(N2Cc3cc(CNc4nc5cc(Oc6ccccc6)c(Cl)cc5[nH]4)ccc3C2=O)C(=O)N1. The summed E-state index contributed by atoms with van der Waals surface area (Å²) in [6, 6.07) is 18.0. The first-order valence-electron chi connectivity index (χ1n) is 11.9. The van der Waals surface area contributed by atoms with E-state index in [-0.39, 0.29) is 18.2 Å². The number of aromatic amines is 1. The molecule has 1 unspecified atom stereocenters. The maximum absolute atomic E-state index is 12.9. The van der Waals surface area contributed by atoms with Gasteiger partial charge in [0.15, 0.2) is 0 Å². The van der Waals surface area contributed by atoms with Crippen molar-refractivity contribution in [3.63, 3.8) is 0 Å². The molecule has 3 heterocycles. The number of anilines is 1. The van der Waals surface area contributed by atoms with Crippen LogP contribution < -0.4 is 15.4 Å². The summed E-state index contributed by atoms with van der Waals surface area (Å²) in [5, 5.41) is 6.07. The van der Waals surface area contributed by atoms with Crippen molar-refractivity contribution in [1.82, 2.24) is 20.2 Å². The van der Waals surface area contributed by atoms with Gasteiger partial charge in [-0.25, -0.2) is 4.98 Å². The highest BCUT2D eigenvalue weighted by molar-refractivity contribution is 6.32. The van der Waals surface area contributed by atoms with E-state index in [4.69, 9.17) is 16.3 Å². The Morgan fingerprint density at radius 1 is 1.08 bits per heavy atom. The van der Waals surface area contributed by atoms with E-state index in [2.05, 4.69) is 20.6 Å². The molecule has 9 nitrogen and oxygen atoms in total. The first-order chi connectivity index (χ1) is 17.9. The van der Waals surface area contributed by atoms with Crippen molar-refractivity contribution in [1.29, 1.82) is 0 Å². The molecule has 0 bridgehead atoms. The predicted octanol–water partition coefficient (Wildman–Crippen LogP) is 4.38. The Hall–Kier alpha value is -4.37. The minimum Gasteiger partial charge on any atom is -0.456 e. The number of hydrogen-bond donors (Lipinski definition) is 3. The number of halogens is 1. The largest absolute Gasteiger partial charge is 0.456 e. The second-order valence-electron chi connectivity index (χ2n) is 9.05. The van der Waals surface area contributed by atoms with Crippen LogP contribution in [0.3, 0.4) is 0 Å². The monoisotopic (exact) mass is 515 g/mol. The third-order valence-corrected chi connectivity index (χ3v) is 6.85. The summed E-state index contributed by atoms with van der Waals surface area (Å²) >= 11 is 6.42. The van der Waals surface area contributed by atoms with Gasteiger partial charge in [-0.15, -0.1) is 0 Å². The van der Waals surface area contributed by atoms with Gasteiger partial charge in [0.1, 0.15) is 17.5 Å². The first-order valence-corrected chi connectivity index (χ1v) is 12.2. The molecule has 2 aliphatic rings. The number of piperidine rings is 1. The van der Waals surface area contributed by atoms with Crippen molar-refractivity contribution in [2.75, 3.05) is 5.32 Å². The van der Waals surface area contributed by atoms with Crippen LogP contribution in [0.2, 0.25) is 5.02 Å². The topological polar surface area (TPSA) is 116 Å². The minimum absolute atomic E-state index is 0.188. The van der Waals surface area contributed by atoms with Crippen LogP contribution in [0.15, 0.2) is 60.7 Å². The van der Waals surface area contributed by atoms with Crippen LogP contribution in [0.1, 0.15) is 34.3 Å². The lowest BCUT2D eigenvalue weighted by Gasteiger charge is -2.29.